The Balaban J connectivity index is 1.25. The number of amides is 3. The molecule has 1 heterocycles. The second-order valence-corrected chi connectivity index (χ2v) is 10.4. The second-order valence-electron chi connectivity index (χ2n) is 9.58. The summed E-state index contributed by atoms with van der Waals surface area (Å²) in [6.07, 6.45) is 2.98. The lowest BCUT2D eigenvalue weighted by Crippen LogP contribution is -2.33. The normalized spacial score (nSPS) is 24.5. The highest BCUT2D eigenvalue weighted by molar-refractivity contribution is 9.10. The van der Waals surface area contributed by atoms with Crippen LogP contribution < -0.4 is 10.2 Å². The lowest BCUT2D eigenvalue weighted by atomic mass is 9.82. The van der Waals surface area contributed by atoms with Gasteiger partial charge in [0.05, 0.1) is 23.1 Å². The molecule has 2 aromatic carbocycles. The number of nitrogens with one attached hydrogen (secondary N) is 1. The average molecular weight is 537 g/mol. The molecule has 3 aliphatic rings. The van der Waals surface area contributed by atoms with Crippen molar-refractivity contribution >= 4 is 51.0 Å². The molecule has 0 spiro atoms. The first-order valence-corrected chi connectivity index (χ1v) is 12.3. The molecular weight excluding hydrogens is 512 g/mol. The summed E-state index contributed by atoms with van der Waals surface area (Å²) >= 11 is 3.49. The summed E-state index contributed by atoms with van der Waals surface area (Å²) in [6, 6.07) is 9.89. The van der Waals surface area contributed by atoms with Crippen molar-refractivity contribution in [3.05, 3.63) is 69.2 Å². The highest BCUT2D eigenvalue weighted by atomic mass is 79.9. The minimum absolute atomic E-state index is 0.108. The number of carbonyl (C=O) groups excluding carboxylic acids is 4. The Hall–Kier alpha value is -3.26. The molecule has 0 aromatic heterocycles. The Morgan fingerprint density at radius 3 is 2.46 bits per heavy atom. The molecule has 8 heteroatoms. The van der Waals surface area contributed by atoms with Gasteiger partial charge in [0.15, 0.2) is 6.61 Å². The van der Waals surface area contributed by atoms with Gasteiger partial charge >= 0.3 is 5.97 Å². The largest absolute Gasteiger partial charge is 0.452 e. The van der Waals surface area contributed by atoms with Crippen LogP contribution in [0.1, 0.15) is 34.8 Å². The van der Waals surface area contributed by atoms with Gasteiger partial charge in [0.25, 0.3) is 5.91 Å². The minimum Gasteiger partial charge on any atom is -0.452 e. The predicted octanol–water partition coefficient (Wildman–Crippen LogP) is 4.56. The van der Waals surface area contributed by atoms with E-state index in [4.69, 9.17) is 4.74 Å². The van der Waals surface area contributed by atoms with E-state index >= 15 is 0 Å². The summed E-state index contributed by atoms with van der Waals surface area (Å²) in [7, 11) is 0. The zero-order chi connectivity index (χ0) is 25.0. The van der Waals surface area contributed by atoms with Crippen LogP contribution in [0.4, 0.5) is 11.4 Å². The van der Waals surface area contributed by atoms with E-state index in [1.165, 1.54) is 22.6 Å². The molecular formula is C27H25BrN2O5. The standard InChI is InChI=1S/C27H25BrN2O5/c1-13-7-17-11-20(13)23-22(17)25(32)30(26(23)33)19-6-4-5-16(10-19)27(34)35-12-21(31)29-18-8-14(2)24(28)15(3)9-18/h4-10,17,20,22-23H,11-12H2,1-3H3,(H,29,31)/t17-,20+,22-,23-/m0/s1. The summed E-state index contributed by atoms with van der Waals surface area (Å²) in [5.74, 6) is -1.99. The molecule has 2 fully saturated rings. The number of rotatable bonds is 5. The van der Waals surface area contributed by atoms with Crippen LogP contribution in [0.15, 0.2) is 52.5 Å². The topological polar surface area (TPSA) is 92.8 Å². The van der Waals surface area contributed by atoms with E-state index in [-0.39, 0.29) is 41.0 Å². The first-order chi connectivity index (χ1) is 16.7. The SMILES string of the molecule is CC1=C[C@H]2C[C@H]1[C@@H]1C(=O)N(c3cccc(C(=O)OCC(=O)Nc4cc(C)c(Br)c(C)c4)c3)C(=O)[C@H]12. The van der Waals surface area contributed by atoms with Gasteiger partial charge in [0.1, 0.15) is 0 Å². The lowest BCUT2D eigenvalue weighted by Gasteiger charge is -2.19. The fraction of sp³-hybridized carbons (Fsp3) is 0.333. The van der Waals surface area contributed by atoms with Crippen LogP contribution in [0.2, 0.25) is 0 Å². The maximum atomic E-state index is 13.2. The van der Waals surface area contributed by atoms with E-state index in [0.29, 0.717) is 11.4 Å². The number of ether oxygens (including phenoxy) is 1. The third kappa shape index (κ3) is 3.99. The second kappa shape index (κ2) is 8.75. The maximum Gasteiger partial charge on any atom is 0.338 e. The van der Waals surface area contributed by atoms with Gasteiger partial charge in [-0.15, -0.1) is 0 Å². The third-order valence-corrected chi connectivity index (χ3v) is 8.53. The van der Waals surface area contributed by atoms with Crippen LogP contribution in [0.25, 0.3) is 0 Å². The molecule has 35 heavy (non-hydrogen) atoms. The molecule has 4 atom stereocenters. The summed E-state index contributed by atoms with van der Waals surface area (Å²) in [6.45, 7) is 5.40. The molecule has 2 aliphatic carbocycles. The van der Waals surface area contributed by atoms with Crippen molar-refractivity contribution in [2.45, 2.75) is 27.2 Å². The lowest BCUT2D eigenvalue weighted by molar-refractivity contribution is -0.123. The number of fused-ring (bicyclic) bond motifs is 5. The number of imide groups is 1. The van der Waals surface area contributed by atoms with Gasteiger partial charge in [-0.25, -0.2) is 9.69 Å². The van der Waals surface area contributed by atoms with E-state index in [1.807, 2.05) is 32.9 Å². The fourth-order valence-corrected chi connectivity index (χ4v) is 5.96. The zero-order valence-corrected chi connectivity index (χ0v) is 21.2. The quantitative estimate of drug-likeness (QED) is 0.343. The molecule has 1 saturated heterocycles. The van der Waals surface area contributed by atoms with Gasteiger partial charge in [-0.1, -0.05) is 33.6 Å². The molecule has 2 bridgehead atoms. The van der Waals surface area contributed by atoms with Gasteiger partial charge in [0.2, 0.25) is 11.8 Å². The van der Waals surface area contributed by atoms with Crippen molar-refractivity contribution in [3.63, 3.8) is 0 Å². The number of anilines is 2. The van der Waals surface area contributed by atoms with Crippen LogP contribution >= 0.6 is 15.9 Å². The van der Waals surface area contributed by atoms with Crippen LogP contribution in [-0.2, 0) is 19.1 Å². The van der Waals surface area contributed by atoms with Gasteiger partial charge in [-0.3, -0.25) is 14.4 Å². The Labute approximate surface area is 211 Å². The Morgan fingerprint density at radius 1 is 1.06 bits per heavy atom. The molecule has 1 saturated carbocycles. The fourth-order valence-electron chi connectivity index (χ4n) is 5.73. The van der Waals surface area contributed by atoms with Crippen molar-refractivity contribution in [1.29, 1.82) is 0 Å². The smallest absolute Gasteiger partial charge is 0.338 e. The van der Waals surface area contributed by atoms with Crippen LogP contribution in [0.5, 0.6) is 0 Å². The maximum absolute atomic E-state index is 13.2. The Morgan fingerprint density at radius 2 is 1.74 bits per heavy atom. The first kappa shape index (κ1) is 23.5. The number of aryl methyl sites for hydroxylation is 2. The van der Waals surface area contributed by atoms with E-state index in [1.54, 1.807) is 12.1 Å². The average Bonchev–Trinajstić information content (AvgIpc) is 3.46. The molecule has 5 rings (SSSR count). The third-order valence-electron chi connectivity index (χ3n) is 7.28. The molecule has 0 radical (unpaired) electrons. The van der Waals surface area contributed by atoms with E-state index < -0.39 is 18.5 Å². The molecule has 1 aliphatic heterocycles. The Kier molecular flexibility index (Phi) is 5.87. The molecule has 1 N–H and O–H groups in total. The highest BCUT2D eigenvalue weighted by Crippen LogP contribution is 2.55. The molecule has 7 nitrogen and oxygen atoms in total. The first-order valence-electron chi connectivity index (χ1n) is 11.6. The van der Waals surface area contributed by atoms with Gasteiger partial charge in [0, 0.05) is 10.2 Å². The van der Waals surface area contributed by atoms with E-state index in [2.05, 4.69) is 27.3 Å². The number of nitrogens with zero attached hydrogens (tertiary/aromatic N) is 1. The summed E-state index contributed by atoms with van der Waals surface area (Å²) in [5, 5.41) is 2.73. The Bertz CT molecular complexity index is 1290. The van der Waals surface area contributed by atoms with Crippen LogP contribution in [0.3, 0.4) is 0 Å². The molecule has 3 amide bonds. The molecule has 2 aromatic rings. The summed E-state index contributed by atoms with van der Waals surface area (Å²) < 4.78 is 6.17. The van der Waals surface area contributed by atoms with Crippen LogP contribution in [0, 0.1) is 37.5 Å². The molecule has 180 valence electrons. The minimum atomic E-state index is -0.706. The number of esters is 1. The van der Waals surface area contributed by atoms with Crippen molar-refractivity contribution < 1.29 is 23.9 Å². The number of hydrogen-bond acceptors (Lipinski definition) is 5. The zero-order valence-electron chi connectivity index (χ0n) is 19.6. The van der Waals surface area contributed by atoms with Gasteiger partial charge < -0.3 is 10.1 Å². The van der Waals surface area contributed by atoms with Crippen molar-refractivity contribution in [2.24, 2.45) is 23.7 Å². The van der Waals surface area contributed by atoms with Crippen molar-refractivity contribution in [2.75, 3.05) is 16.8 Å². The van der Waals surface area contributed by atoms with Gasteiger partial charge in [-0.2, -0.15) is 0 Å². The number of halogens is 1. The number of benzene rings is 2. The number of hydrogen-bond donors (Lipinski definition) is 1. The van der Waals surface area contributed by atoms with Gasteiger partial charge in [-0.05, 0) is 80.5 Å². The molecule has 0 unspecified atom stereocenters. The number of allylic oxidation sites excluding steroid dienone is 2. The van der Waals surface area contributed by atoms with Crippen molar-refractivity contribution in [3.8, 4) is 0 Å². The van der Waals surface area contributed by atoms with E-state index in [0.717, 1.165) is 22.0 Å². The number of carbonyl (C=O) groups is 4. The monoisotopic (exact) mass is 536 g/mol. The predicted molar refractivity (Wildman–Crippen MR) is 134 cm³/mol. The summed E-state index contributed by atoms with van der Waals surface area (Å²) in [5.41, 5.74) is 4.27. The van der Waals surface area contributed by atoms with Crippen LogP contribution in [-0.4, -0.2) is 30.3 Å². The van der Waals surface area contributed by atoms with Crippen molar-refractivity contribution in [1.82, 2.24) is 0 Å². The van der Waals surface area contributed by atoms with E-state index in [9.17, 15) is 19.2 Å². The summed E-state index contributed by atoms with van der Waals surface area (Å²) in [4.78, 5) is 52.5. The highest BCUT2D eigenvalue weighted by Gasteiger charge is 2.60.